The Labute approximate surface area is 788 Å². The zero-order valence-corrected chi connectivity index (χ0v) is 85.9. The molecular weight excluding hydrogens is 1550 g/mol. The minimum atomic E-state index is -0.282. The number of hydrogen-bond acceptors (Lipinski definition) is 0. The van der Waals surface area contributed by atoms with E-state index in [1.165, 1.54) is 312 Å². The molecule has 0 N–H and O–H groups in total. The highest BCUT2D eigenvalue weighted by atomic mass is 14.5. The van der Waals surface area contributed by atoms with Crippen LogP contribution < -0.4 is 0 Å². The van der Waals surface area contributed by atoms with E-state index in [0.717, 1.165) is 0 Å². The number of hydrogen-bond donors (Lipinski definition) is 0. The van der Waals surface area contributed by atoms with Crippen molar-refractivity contribution in [2.75, 3.05) is 0 Å². The third kappa shape index (κ3) is 31.0. The maximum absolute atomic E-state index is 2.52. The minimum Gasteiger partial charge on any atom is -0.0654 e. The average molecular weight is 1720 g/mol. The third-order valence-electron chi connectivity index (χ3n) is 26.1. The van der Waals surface area contributed by atoms with Gasteiger partial charge in [0.05, 0.1) is 5.41 Å². The van der Waals surface area contributed by atoms with Gasteiger partial charge in [0.2, 0.25) is 0 Å². The van der Waals surface area contributed by atoms with E-state index in [4.69, 9.17) is 0 Å². The molecule has 2 aliphatic rings. The van der Waals surface area contributed by atoms with Gasteiger partial charge >= 0.3 is 0 Å². The highest BCUT2D eigenvalue weighted by molar-refractivity contribution is 5.95. The first-order valence-corrected chi connectivity index (χ1v) is 49.6. The lowest BCUT2D eigenvalue weighted by Crippen LogP contribution is -2.27. The van der Waals surface area contributed by atoms with Crippen molar-refractivity contribution in [3.05, 3.63) is 411 Å². The molecule has 0 amide bonds. The highest BCUT2D eigenvalue weighted by Gasteiger charge is 2.52. The van der Waals surface area contributed by atoms with Crippen molar-refractivity contribution in [3.63, 3.8) is 0 Å². The summed E-state index contributed by atoms with van der Waals surface area (Å²) >= 11 is 0. The molecule has 0 heteroatoms. The van der Waals surface area contributed by atoms with Gasteiger partial charge in [-0.3, -0.25) is 0 Å². The summed E-state index contributed by atoms with van der Waals surface area (Å²) in [5.74, 6) is 0. The molecule has 0 aromatic heterocycles. The summed E-state index contributed by atoms with van der Waals surface area (Å²) in [4.78, 5) is 0. The lowest BCUT2D eigenvalue weighted by atomic mass is 9.68. The molecule has 0 saturated heterocycles. The quantitative estimate of drug-likeness (QED) is 0.0593. The molecule has 13 aromatic carbocycles. The fourth-order valence-electron chi connectivity index (χ4n) is 18.7. The van der Waals surface area contributed by atoms with Gasteiger partial charge in [0.25, 0.3) is 0 Å². The Hall–Kier alpha value is -10.1. The van der Waals surface area contributed by atoms with Crippen LogP contribution in [0.3, 0.4) is 0 Å². The van der Waals surface area contributed by atoms with Gasteiger partial charge in [-0.2, -0.15) is 0 Å². The zero-order valence-electron chi connectivity index (χ0n) is 85.9. The number of unbranched alkanes of at least 4 members (excludes halogenated alkanes) is 12. The normalized spacial score (nSPS) is 11.6. The molecule has 0 saturated carbocycles. The first-order valence-electron chi connectivity index (χ1n) is 49.6. The summed E-state index contributed by atoms with van der Waals surface area (Å²) in [7, 11) is 0. The van der Waals surface area contributed by atoms with Crippen LogP contribution in [0, 0.1) is 125 Å². The molecule has 0 radical (unpaired) electrons. The largest absolute Gasteiger partial charge is 0.0725 e. The molecule has 1 spiro atoms. The lowest BCUT2D eigenvalue weighted by Gasteiger charge is -2.33. The van der Waals surface area contributed by atoms with Crippen LogP contribution in [-0.4, -0.2) is 0 Å². The Balaban J connectivity index is 0.000000192. The summed E-state index contributed by atoms with van der Waals surface area (Å²) in [6.45, 7) is 62.3. The van der Waals surface area contributed by atoms with E-state index in [-0.39, 0.29) is 16.2 Å². The average Bonchev–Trinajstić information content (AvgIpc) is 1.50. The van der Waals surface area contributed by atoms with Crippen molar-refractivity contribution in [2.45, 2.75) is 339 Å². The Morgan fingerprint density at radius 1 is 0.194 bits per heavy atom. The molecule has 682 valence electrons. The van der Waals surface area contributed by atoms with Gasteiger partial charge in [-0.15, -0.1) is 0 Å². The molecule has 0 fully saturated rings. The SMILES string of the molecule is CCCCCCc1cc(C)c(C)cc1C.CCCCCCc1cc(C)c(CCCCCC)cc1C.CCCCCCc1cc(C)cc(C)c1.Cc1cc(-c2ccccc2)c(C)cc1-c1ccccc1.Cc1cc(C)cc(C)c1.Cc1ccc(C)cc1.Cc1ccc2c(c1)C1(c3cc(C)ccc3-2)c2cc(C(C)(C)C)ccc2-c2ccc(C(C)(C)C)cc21.Cc1cccc(C)c1. The third-order valence-corrected chi connectivity index (χ3v) is 26.1. The molecule has 0 nitrogen and oxygen atoms in total. The van der Waals surface area contributed by atoms with Crippen molar-refractivity contribution >= 4 is 0 Å². The molecule has 13 aromatic rings. The Morgan fingerprint density at radius 2 is 0.473 bits per heavy atom. The predicted octanol–water partition coefficient (Wildman–Crippen LogP) is 37.8. The second kappa shape index (κ2) is 50.9. The monoisotopic (exact) mass is 1720 g/mol. The maximum atomic E-state index is 2.52. The van der Waals surface area contributed by atoms with Crippen LogP contribution in [0.1, 0.15) is 328 Å². The van der Waals surface area contributed by atoms with Crippen molar-refractivity contribution in [1.29, 1.82) is 0 Å². The van der Waals surface area contributed by atoms with E-state index >= 15 is 0 Å². The number of aryl methyl sites for hydroxylation is 22. The van der Waals surface area contributed by atoms with E-state index in [1.807, 2.05) is 0 Å². The molecule has 129 heavy (non-hydrogen) atoms. The number of fused-ring (bicyclic) bond motifs is 10. The summed E-state index contributed by atoms with van der Waals surface area (Å²) in [6.07, 6.45) is 26.8. The van der Waals surface area contributed by atoms with Crippen molar-refractivity contribution in [3.8, 4) is 44.5 Å². The van der Waals surface area contributed by atoms with Crippen LogP contribution in [-0.2, 0) is 41.9 Å². The van der Waals surface area contributed by atoms with E-state index in [1.54, 1.807) is 16.7 Å². The molecule has 0 aliphatic heterocycles. The van der Waals surface area contributed by atoms with Crippen LogP contribution in [0.2, 0.25) is 0 Å². The second-order valence-electron chi connectivity index (χ2n) is 40.4. The Bertz CT molecular complexity index is 5310. The molecule has 0 bridgehead atoms. The van der Waals surface area contributed by atoms with Crippen LogP contribution in [0.15, 0.2) is 255 Å². The number of benzene rings is 13. The first kappa shape index (κ1) is 104. The molecule has 0 unspecified atom stereocenters. The van der Waals surface area contributed by atoms with Crippen LogP contribution in [0.5, 0.6) is 0 Å². The molecule has 0 heterocycles. The predicted molar refractivity (Wildman–Crippen MR) is 573 cm³/mol. The van der Waals surface area contributed by atoms with Crippen molar-refractivity contribution < 1.29 is 0 Å². The Kier molecular flexibility index (Phi) is 41.1. The Morgan fingerprint density at radius 3 is 0.798 bits per heavy atom. The van der Waals surface area contributed by atoms with Gasteiger partial charge in [-0.25, -0.2) is 0 Å². The molecule has 0 atom stereocenters. The van der Waals surface area contributed by atoms with E-state index in [0.29, 0.717) is 0 Å². The van der Waals surface area contributed by atoms with E-state index < -0.39 is 0 Å². The smallest absolute Gasteiger partial charge is 0.0654 e. The summed E-state index contributed by atoms with van der Waals surface area (Å²) in [6, 6.07) is 94.4. The fourth-order valence-corrected chi connectivity index (χ4v) is 18.7. The van der Waals surface area contributed by atoms with E-state index in [9.17, 15) is 0 Å². The topological polar surface area (TPSA) is 0 Å². The van der Waals surface area contributed by atoms with Gasteiger partial charge < -0.3 is 0 Å². The van der Waals surface area contributed by atoms with Crippen LogP contribution in [0.4, 0.5) is 0 Å². The van der Waals surface area contributed by atoms with Crippen molar-refractivity contribution in [2.24, 2.45) is 0 Å². The maximum Gasteiger partial charge on any atom is 0.0725 e. The summed E-state index contributed by atoms with van der Waals surface area (Å²) in [5.41, 5.74) is 50.3. The molecule has 2 aliphatic carbocycles. The summed E-state index contributed by atoms with van der Waals surface area (Å²) in [5, 5.41) is 0. The zero-order chi connectivity index (χ0) is 94.1. The van der Waals surface area contributed by atoms with Gasteiger partial charge in [0, 0.05) is 0 Å². The van der Waals surface area contributed by atoms with Gasteiger partial charge in [-0.1, -0.05) is 462 Å². The van der Waals surface area contributed by atoms with Crippen LogP contribution in [0.25, 0.3) is 44.5 Å². The second-order valence-corrected chi connectivity index (χ2v) is 40.4. The fraction of sp³-hybridized carbons (Fsp3) is 0.395. The minimum absolute atomic E-state index is 0.0883. The van der Waals surface area contributed by atoms with Gasteiger partial charge in [-0.05, 0) is 326 Å². The molecular formula is C129H166. The lowest BCUT2D eigenvalue weighted by molar-refractivity contribution is 0.586. The van der Waals surface area contributed by atoms with Gasteiger partial charge in [0.1, 0.15) is 0 Å². The number of rotatable bonds is 22. The standard InChI is InChI=1S/C35H36.C20H18.C20H34.C15H24.C14H22.C9H12.2C8H10/c1-21-9-13-25-26-14-10-22(2)18-30(26)35(29(25)17-21)31-19-23(33(3,4)5)11-15-27(31)28-16-12-24(20-32(28)35)34(6,7)8;1-15-13-20(18-11-7-4-8-12-18)16(2)14-19(15)17-9-5-3-6-10-17;1-5-7-9-11-13-19-15-18(4)20(16-17(19)3)14-12-10-8-6-2;1-5-6-7-8-9-15-11-13(3)12(2)10-14(15)4;1-4-5-6-7-8-14-10-12(2)9-13(3)11-14;1-7-4-8(2)6-9(3)5-7;1-7-3-5-8(2)6-4-7;1-7-4-3-5-8(2)6-7/h9-20H,1-8H3;3-14H,1-2H3;15-16H,5-14H2,1-4H3;10-11H,5-9H2,1-4H3;9-11H,4-8H2,1-3H3;4-6H,1-3H3;2*3-6H,1-2H3. The van der Waals surface area contributed by atoms with Crippen LogP contribution >= 0.6 is 0 Å². The molecule has 15 rings (SSSR count). The van der Waals surface area contributed by atoms with E-state index in [2.05, 4.69) is 449 Å². The highest BCUT2D eigenvalue weighted by Crippen LogP contribution is 2.64. The summed E-state index contributed by atoms with van der Waals surface area (Å²) < 4.78 is 0. The van der Waals surface area contributed by atoms with Crippen molar-refractivity contribution in [1.82, 2.24) is 0 Å². The first-order chi connectivity index (χ1) is 61.5. The van der Waals surface area contributed by atoms with Gasteiger partial charge in [0.15, 0.2) is 0 Å².